The first-order valence-corrected chi connectivity index (χ1v) is 6.83. The van der Waals surface area contributed by atoms with Gasteiger partial charge in [-0.2, -0.15) is 5.26 Å². The maximum absolute atomic E-state index is 9.32. The minimum absolute atomic E-state index is 0.314. The van der Waals surface area contributed by atoms with Crippen molar-refractivity contribution in [3.05, 3.63) is 29.8 Å². The highest BCUT2D eigenvalue weighted by Crippen LogP contribution is 2.16. The van der Waals surface area contributed by atoms with E-state index in [1.165, 1.54) is 11.3 Å². The molecular formula is C16H25N3. The van der Waals surface area contributed by atoms with Gasteiger partial charge in [-0.15, -0.1) is 0 Å². The highest BCUT2D eigenvalue weighted by Gasteiger charge is 2.24. The molecule has 0 spiro atoms. The first kappa shape index (κ1) is 15.5. The lowest BCUT2D eigenvalue weighted by Crippen LogP contribution is -2.46. The summed E-state index contributed by atoms with van der Waals surface area (Å²) >= 11 is 0. The molecule has 3 nitrogen and oxygen atoms in total. The topological polar surface area (TPSA) is 39.1 Å². The molecule has 1 unspecified atom stereocenters. The molecule has 0 saturated heterocycles. The van der Waals surface area contributed by atoms with E-state index in [2.05, 4.69) is 68.4 Å². The zero-order chi connectivity index (χ0) is 14.5. The normalized spacial score (nSPS) is 13.9. The van der Waals surface area contributed by atoms with Crippen LogP contribution in [0.1, 0.15) is 32.8 Å². The van der Waals surface area contributed by atoms with Crippen LogP contribution in [0.25, 0.3) is 0 Å². The molecule has 1 rings (SSSR count). The molecule has 104 valence electrons. The Morgan fingerprint density at radius 1 is 1.32 bits per heavy atom. The van der Waals surface area contributed by atoms with E-state index < -0.39 is 5.54 Å². The number of benzene rings is 1. The quantitative estimate of drug-likeness (QED) is 0.853. The van der Waals surface area contributed by atoms with Crippen molar-refractivity contribution in [2.45, 2.75) is 45.7 Å². The molecular weight excluding hydrogens is 234 g/mol. The summed E-state index contributed by atoms with van der Waals surface area (Å²) in [5, 5.41) is 12.7. The molecule has 0 aliphatic heterocycles. The molecule has 1 atom stereocenters. The molecule has 1 aromatic carbocycles. The number of nitrogens with one attached hydrogen (secondary N) is 1. The molecule has 0 fully saturated rings. The van der Waals surface area contributed by atoms with Crippen molar-refractivity contribution in [2.75, 3.05) is 18.5 Å². The van der Waals surface area contributed by atoms with Crippen molar-refractivity contribution in [1.29, 1.82) is 5.26 Å². The van der Waals surface area contributed by atoms with Gasteiger partial charge in [0.05, 0.1) is 6.07 Å². The fourth-order valence-corrected chi connectivity index (χ4v) is 2.12. The highest BCUT2D eigenvalue weighted by molar-refractivity contribution is 5.46. The third-order valence-electron chi connectivity index (χ3n) is 3.28. The van der Waals surface area contributed by atoms with Crippen LogP contribution in [0.5, 0.6) is 0 Å². The van der Waals surface area contributed by atoms with Gasteiger partial charge in [0, 0.05) is 25.3 Å². The Morgan fingerprint density at radius 3 is 2.37 bits per heavy atom. The minimum Gasteiger partial charge on any atom is -0.374 e. The summed E-state index contributed by atoms with van der Waals surface area (Å²) in [6, 6.07) is 11.2. The molecule has 0 amide bonds. The van der Waals surface area contributed by atoms with E-state index in [4.69, 9.17) is 0 Å². The number of nitrogens with zero attached hydrogens (tertiary/aromatic N) is 2. The minimum atomic E-state index is -0.465. The third kappa shape index (κ3) is 4.92. The van der Waals surface area contributed by atoms with E-state index in [0.29, 0.717) is 6.04 Å². The Hall–Kier alpha value is -1.53. The second kappa shape index (κ2) is 6.58. The van der Waals surface area contributed by atoms with E-state index in [1.54, 1.807) is 0 Å². The zero-order valence-electron chi connectivity index (χ0n) is 12.7. The lowest BCUT2D eigenvalue weighted by molar-refractivity contribution is 0.384. The molecule has 0 aromatic heterocycles. The first-order valence-electron chi connectivity index (χ1n) is 6.83. The van der Waals surface area contributed by atoms with Crippen LogP contribution in [0, 0.1) is 18.3 Å². The van der Waals surface area contributed by atoms with Crippen molar-refractivity contribution in [3.63, 3.8) is 0 Å². The van der Waals surface area contributed by atoms with E-state index in [-0.39, 0.29) is 0 Å². The van der Waals surface area contributed by atoms with Gasteiger partial charge < -0.3 is 4.90 Å². The highest BCUT2D eigenvalue weighted by atomic mass is 15.1. The maximum atomic E-state index is 9.32. The Bertz CT molecular complexity index is 430. The number of anilines is 1. The summed E-state index contributed by atoms with van der Waals surface area (Å²) < 4.78 is 0. The van der Waals surface area contributed by atoms with Gasteiger partial charge in [-0.1, -0.05) is 17.7 Å². The van der Waals surface area contributed by atoms with Gasteiger partial charge >= 0.3 is 0 Å². The van der Waals surface area contributed by atoms with Gasteiger partial charge in [0.2, 0.25) is 0 Å². The SMILES string of the molecule is Cc1ccc(N(C)CCC(C)(C#N)NC(C)C)cc1. The van der Waals surface area contributed by atoms with E-state index in [9.17, 15) is 5.26 Å². The van der Waals surface area contributed by atoms with Gasteiger partial charge in [0.25, 0.3) is 0 Å². The number of rotatable bonds is 6. The largest absolute Gasteiger partial charge is 0.374 e. The summed E-state index contributed by atoms with van der Waals surface area (Å²) in [5.74, 6) is 0. The molecule has 0 radical (unpaired) electrons. The van der Waals surface area contributed by atoms with Crippen LogP contribution < -0.4 is 10.2 Å². The van der Waals surface area contributed by atoms with Crippen molar-refractivity contribution in [2.24, 2.45) is 0 Å². The number of hydrogen-bond donors (Lipinski definition) is 1. The van der Waals surface area contributed by atoms with Crippen LogP contribution >= 0.6 is 0 Å². The monoisotopic (exact) mass is 259 g/mol. The van der Waals surface area contributed by atoms with Gasteiger partial charge in [0.15, 0.2) is 0 Å². The molecule has 1 N–H and O–H groups in total. The Morgan fingerprint density at radius 2 is 1.89 bits per heavy atom. The average molecular weight is 259 g/mol. The maximum Gasteiger partial charge on any atom is 0.105 e. The lowest BCUT2D eigenvalue weighted by atomic mass is 9.98. The van der Waals surface area contributed by atoms with Crippen LogP contribution in [0.4, 0.5) is 5.69 Å². The van der Waals surface area contributed by atoms with Gasteiger partial charge in [-0.25, -0.2) is 0 Å². The summed E-state index contributed by atoms with van der Waals surface area (Å²) in [6.45, 7) is 9.05. The zero-order valence-corrected chi connectivity index (χ0v) is 12.7. The summed E-state index contributed by atoms with van der Waals surface area (Å²) in [4.78, 5) is 2.19. The van der Waals surface area contributed by atoms with Crippen LogP contribution in [-0.2, 0) is 0 Å². The lowest BCUT2D eigenvalue weighted by Gasteiger charge is -2.29. The van der Waals surface area contributed by atoms with Crippen molar-refractivity contribution >= 4 is 5.69 Å². The molecule has 3 heteroatoms. The number of hydrogen-bond acceptors (Lipinski definition) is 3. The number of nitriles is 1. The standard InChI is InChI=1S/C16H25N3/c1-13(2)18-16(4,12-17)10-11-19(5)15-8-6-14(3)7-9-15/h6-9,13,18H,10-11H2,1-5H3. The van der Waals surface area contributed by atoms with E-state index in [0.717, 1.165) is 13.0 Å². The van der Waals surface area contributed by atoms with Crippen molar-refractivity contribution < 1.29 is 0 Å². The Labute approximate surface area is 117 Å². The molecule has 1 aromatic rings. The third-order valence-corrected chi connectivity index (χ3v) is 3.28. The molecule has 0 heterocycles. The Balaban J connectivity index is 2.60. The molecule has 19 heavy (non-hydrogen) atoms. The van der Waals surface area contributed by atoms with E-state index >= 15 is 0 Å². The summed E-state index contributed by atoms with van der Waals surface area (Å²) in [5.41, 5.74) is 1.99. The average Bonchev–Trinajstić information content (AvgIpc) is 2.36. The predicted octanol–water partition coefficient (Wildman–Crippen LogP) is 3.10. The summed E-state index contributed by atoms with van der Waals surface area (Å²) in [7, 11) is 2.07. The van der Waals surface area contributed by atoms with Crippen LogP contribution in [0.15, 0.2) is 24.3 Å². The van der Waals surface area contributed by atoms with Crippen LogP contribution in [-0.4, -0.2) is 25.2 Å². The smallest absolute Gasteiger partial charge is 0.105 e. The van der Waals surface area contributed by atoms with Crippen molar-refractivity contribution in [1.82, 2.24) is 5.32 Å². The fourth-order valence-electron chi connectivity index (χ4n) is 2.12. The molecule has 0 aliphatic rings. The predicted molar refractivity (Wildman–Crippen MR) is 81.4 cm³/mol. The fraction of sp³-hybridized carbons (Fsp3) is 0.562. The van der Waals surface area contributed by atoms with Gasteiger partial charge in [-0.05, 0) is 46.2 Å². The second-order valence-electron chi connectivity index (χ2n) is 5.75. The van der Waals surface area contributed by atoms with Gasteiger partial charge in [0.1, 0.15) is 5.54 Å². The second-order valence-corrected chi connectivity index (χ2v) is 5.75. The van der Waals surface area contributed by atoms with Crippen LogP contribution in [0.3, 0.4) is 0 Å². The summed E-state index contributed by atoms with van der Waals surface area (Å²) in [6.07, 6.45) is 0.798. The molecule has 0 aliphatic carbocycles. The van der Waals surface area contributed by atoms with Crippen LogP contribution in [0.2, 0.25) is 0 Å². The van der Waals surface area contributed by atoms with Crippen molar-refractivity contribution in [3.8, 4) is 6.07 Å². The number of aryl methyl sites for hydroxylation is 1. The molecule has 0 saturated carbocycles. The Kier molecular flexibility index (Phi) is 5.38. The first-order chi connectivity index (χ1) is 8.86. The van der Waals surface area contributed by atoms with E-state index in [1.807, 2.05) is 6.92 Å². The van der Waals surface area contributed by atoms with Gasteiger partial charge in [-0.3, -0.25) is 5.32 Å². The molecule has 0 bridgehead atoms.